The van der Waals surface area contributed by atoms with Gasteiger partial charge in [0.25, 0.3) is 0 Å². The molecule has 2 heterocycles. The fraction of sp³-hybridized carbons (Fsp3) is 0.556. The highest BCUT2D eigenvalue weighted by atomic mass is 32.2. The molecular formula is C9H12N2O2S. The lowest BCUT2D eigenvalue weighted by atomic mass is 10.2. The van der Waals surface area contributed by atoms with Gasteiger partial charge >= 0.3 is 5.97 Å². The minimum Gasteiger partial charge on any atom is -0.469 e. The Bertz CT molecular complexity index is 312. The minimum atomic E-state index is -0.191. The second-order valence-corrected chi connectivity index (χ2v) is 3.99. The van der Waals surface area contributed by atoms with Crippen LogP contribution in [-0.4, -0.2) is 36.2 Å². The lowest BCUT2D eigenvalue weighted by Crippen LogP contribution is -2.30. The number of hydrogen-bond donors (Lipinski definition) is 0. The highest BCUT2D eigenvalue weighted by Crippen LogP contribution is 2.30. The Kier molecular flexibility index (Phi) is 2.77. The van der Waals surface area contributed by atoms with Gasteiger partial charge in [0.1, 0.15) is 0 Å². The maximum absolute atomic E-state index is 11.1. The van der Waals surface area contributed by atoms with E-state index in [9.17, 15) is 4.79 Å². The molecular weight excluding hydrogens is 200 g/mol. The van der Waals surface area contributed by atoms with Crippen LogP contribution < -0.4 is 0 Å². The van der Waals surface area contributed by atoms with Gasteiger partial charge < -0.3 is 9.64 Å². The molecule has 0 saturated carbocycles. The Balaban J connectivity index is 2.04. The Morgan fingerprint density at radius 2 is 2.64 bits per heavy atom. The van der Waals surface area contributed by atoms with Crippen molar-refractivity contribution in [3.8, 4) is 0 Å². The van der Waals surface area contributed by atoms with Crippen LogP contribution in [0.4, 0.5) is 0 Å². The summed E-state index contributed by atoms with van der Waals surface area (Å²) in [5, 5.41) is 3.01. The number of hydrogen-bond acceptors (Lipinski definition) is 5. The fourth-order valence-corrected chi connectivity index (χ4v) is 2.45. The van der Waals surface area contributed by atoms with Crippen molar-refractivity contribution in [2.45, 2.75) is 12.8 Å². The standard InChI is InChI=1S/C9H12N2O2S/c1-13-8(12)5-7-6-14-9-10-3-2-4-11(7)9/h6H,2-5H2,1H3. The number of methoxy groups -OCH3 is 1. The Morgan fingerprint density at radius 3 is 3.43 bits per heavy atom. The second kappa shape index (κ2) is 4.04. The monoisotopic (exact) mass is 212 g/mol. The molecule has 2 rings (SSSR count). The summed E-state index contributed by atoms with van der Waals surface area (Å²) >= 11 is 1.59. The SMILES string of the molecule is COC(=O)CC1=CSC2=NCCCN12. The number of rotatable bonds is 2. The van der Waals surface area contributed by atoms with Gasteiger partial charge in [-0.1, -0.05) is 11.8 Å². The number of amidine groups is 1. The van der Waals surface area contributed by atoms with E-state index < -0.39 is 0 Å². The van der Waals surface area contributed by atoms with Gasteiger partial charge in [-0.2, -0.15) is 0 Å². The molecule has 0 aromatic heterocycles. The van der Waals surface area contributed by atoms with E-state index in [1.54, 1.807) is 11.8 Å². The van der Waals surface area contributed by atoms with Crippen LogP contribution in [0.3, 0.4) is 0 Å². The van der Waals surface area contributed by atoms with E-state index in [4.69, 9.17) is 0 Å². The first kappa shape index (κ1) is 9.58. The molecule has 0 N–H and O–H groups in total. The van der Waals surface area contributed by atoms with E-state index in [-0.39, 0.29) is 5.97 Å². The van der Waals surface area contributed by atoms with Gasteiger partial charge in [-0.25, -0.2) is 0 Å². The van der Waals surface area contributed by atoms with Crippen LogP contribution in [0.25, 0.3) is 0 Å². The molecule has 0 bridgehead atoms. The molecule has 76 valence electrons. The van der Waals surface area contributed by atoms with E-state index in [0.29, 0.717) is 6.42 Å². The smallest absolute Gasteiger partial charge is 0.311 e. The number of thioether (sulfide) groups is 1. The van der Waals surface area contributed by atoms with Crippen LogP contribution in [0.1, 0.15) is 12.8 Å². The van der Waals surface area contributed by atoms with Gasteiger partial charge in [-0.15, -0.1) is 0 Å². The summed E-state index contributed by atoms with van der Waals surface area (Å²) in [5.41, 5.74) is 1.01. The maximum atomic E-state index is 11.1. The van der Waals surface area contributed by atoms with Gasteiger partial charge in [0.05, 0.1) is 13.5 Å². The third kappa shape index (κ3) is 1.77. The summed E-state index contributed by atoms with van der Waals surface area (Å²) < 4.78 is 4.64. The lowest BCUT2D eigenvalue weighted by molar-refractivity contribution is -0.140. The van der Waals surface area contributed by atoms with Crippen molar-refractivity contribution in [3.63, 3.8) is 0 Å². The van der Waals surface area contributed by atoms with Crippen LogP contribution >= 0.6 is 11.8 Å². The average Bonchev–Trinajstić information content (AvgIpc) is 2.62. The third-order valence-electron chi connectivity index (χ3n) is 2.22. The molecule has 0 aromatic rings. The van der Waals surface area contributed by atoms with Gasteiger partial charge in [-0.3, -0.25) is 9.79 Å². The number of carbonyl (C=O) groups excluding carboxylic acids is 1. The van der Waals surface area contributed by atoms with Crippen molar-refractivity contribution in [1.29, 1.82) is 0 Å². The zero-order chi connectivity index (χ0) is 9.97. The van der Waals surface area contributed by atoms with Gasteiger partial charge in [-0.05, 0) is 11.8 Å². The van der Waals surface area contributed by atoms with E-state index in [1.165, 1.54) is 7.11 Å². The molecule has 0 aliphatic carbocycles. The first-order valence-corrected chi connectivity index (χ1v) is 5.44. The van der Waals surface area contributed by atoms with Crippen molar-refractivity contribution in [1.82, 2.24) is 4.90 Å². The van der Waals surface area contributed by atoms with Crippen LogP contribution in [0.15, 0.2) is 16.1 Å². The zero-order valence-electron chi connectivity index (χ0n) is 8.02. The average molecular weight is 212 g/mol. The number of aliphatic imine (C=N–C) groups is 1. The molecule has 2 aliphatic rings. The summed E-state index contributed by atoms with van der Waals surface area (Å²) in [6.07, 6.45) is 1.41. The number of ether oxygens (including phenoxy) is 1. The molecule has 0 radical (unpaired) electrons. The molecule has 0 spiro atoms. The van der Waals surface area contributed by atoms with Crippen LogP contribution in [-0.2, 0) is 9.53 Å². The zero-order valence-corrected chi connectivity index (χ0v) is 8.84. The van der Waals surface area contributed by atoms with Crippen molar-refractivity contribution in [3.05, 3.63) is 11.1 Å². The van der Waals surface area contributed by atoms with Crippen molar-refractivity contribution in [2.24, 2.45) is 4.99 Å². The second-order valence-electron chi connectivity index (χ2n) is 3.15. The predicted octanol–water partition coefficient (Wildman–Crippen LogP) is 1.20. The van der Waals surface area contributed by atoms with Gasteiger partial charge in [0, 0.05) is 18.8 Å². The summed E-state index contributed by atoms with van der Waals surface area (Å²) in [7, 11) is 1.41. The molecule has 5 heteroatoms. The Labute approximate surface area is 87.0 Å². The largest absolute Gasteiger partial charge is 0.469 e. The summed E-state index contributed by atoms with van der Waals surface area (Å²) in [4.78, 5) is 17.6. The van der Waals surface area contributed by atoms with E-state index in [2.05, 4.69) is 14.6 Å². The van der Waals surface area contributed by atoms with Crippen LogP contribution in [0.2, 0.25) is 0 Å². The molecule has 2 aliphatic heterocycles. The Hall–Kier alpha value is -0.970. The van der Waals surface area contributed by atoms with Crippen molar-refractivity contribution in [2.75, 3.05) is 20.2 Å². The van der Waals surface area contributed by atoms with E-state index in [1.807, 2.05) is 5.41 Å². The fourth-order valence-electron chi connectivity index (χ4n) is 1.49. The summed E-state index contributed by atoms with van der Waals surface area (Å²) in [6.45, 7) is 1.87. The molecule has 0 aromatic carbocycles. The quantitative estimate of drug-likeness (QED) is 0.645. The van der Waals surface area contributed by atoms with E-state index >= 15 is 0 Å². The molecule has 4 nitrogen and oxygen atoms in total. The van der Waals surface area contributed by atoms with Crippen molar-refractivity contribution < 1.29 is 9.53 Å². The number of nitrogens with zero attached hydrogens (tertiary/aromatic N) is 2. The first-order chi connectivity index (χ1) is 6.81. The summed E-state index contributed by atoms with van der Waals surface area (Å²) in [6, 6.07) is 0. The minimum absolute atomic E-state index is 0.191. The van der Waals surface area contributed by atoms with E-state index in [0.717, 1.165) is 30.4 Å². The number of esters is 1. The van der Waals surface area contributed by atoms with Crippen LogP contribution in [0.5, 0.6) is 0 Å². The highest BCUT2D eigenvalue weighted by Gasteiger charge is 2.26. The lowest BCUT2D eigenvalue weighted by Gasteiger charge is -2.24. The number of carbonyl (C=O) groups is 1. The predicted molar refractivity (Wildman–Crippen MR) is 55.9 cm³/mol. The third-order valence-corrected chi connectivity index (χ3v) is 3.17. The molecule has 0 fully saturated rings. The molecule has 0 unspecified atom stereocenters. The highest BCUT2D eigenvalue weighted by molar-refractivity contribution is 8.16. The maximum Gasteiger partial charge on any atom is 0.311 e. The normalized spacial score (nSPS) is 19.9. The molecule has 0 saturated heterocycles. The first-order valence-electron chi connectivity index (χ1n) is 4.56. The van der Waals surface area contributed by atoms with Gasteiger partial charge in [0.2, 0.25) is 0 Å². The summed E-state index contributed by atoms with van der Waals surface area (Å²) in [5.74, 6) is -0.191. The topological polar surface area (TPSA) is 41.9 Å². The molecule has 0 atom stereocenters. The Morgan fingerprint density at radius 1 is 1.79 bits per heavy atom. The van der Waals surface area contributed by atoms with Gasteiger partial charge in [0.15, 0.2) is 5.17 Å². The van der Waals surface area contributed by atoms with Crippen molar-refractivity contribution >= 4 is 22.9 Å². The number of fused-ring (bicyclic) bond motifs is 1. The molecule has 14 heavy (non-hydrogen) atoms. The molecule has 0 amide bonds. The van der Waals surface area contributed by atoms with Crippen LogP contribution in [0, 0.1) is 0 Å².